The van der Waals surface area contributed by atoms with Crippen molar-refractivity contribution in [3.8, 4) is 0 Å². The van der Waals surface area contributed by atoms with E-state index in [0.717, 1.165) is 12.2 Å². The molecular weight excluding hydrogens is 230 g/mol. The van der Waals surface area contributed by atoms with Crippen LogP contribution in [0.2, 0.25) is 0 Å². The van der Waals surface area contributed by atoms with E-state index in [2.05, 4.69) is 0 Å². The fraction of sp³-hybridized carbons (Fsp3) is 0.800. The number of carboxylic acids is 1. The molecule has 1 N–H and O–H groups in total. The van der Waals surface area contributed by atoms with Crippen LogP contribution in [-0.4, -0.2) is 58.7 Å². The quantitative estimate of drug-likeness (QED) is 0.553. The number of amides is 1. The fourth-order valence-corrected chi connectivity index (χ4v) is 3.73. The molecule has 0 aliphatic carbocycles. The van der Waals surface area contributed by atoms with Crippen LogP contribution in [0.4, 0.5) is 0 Å². The van der Waals surface area contributed by atoms with Crippen LogP contribution in [0.5, 0.6) is 0 Å². The molecule has 2 rings (SSSR count). The first-order chi connectivity index (χ1) is 7.65. The van der Waals surface area contributed by atoms with Gasteiger partial charge in [0.15, 0.2) is 0 Å². The third-order valence-corrected chi connectivity index (χ3v) is 4.40. The molecule has 6 heteroatoms. The summed E-state index contributed by atoms with van der Waals surface area (Å²) in [6, 6.07) is -0.471. The van der Waals surface area contributed by atoms with E-state index < -0.39 is 12.0 Å². The van der Waals surface area contributed by atoms with E-state index >= 15 is 0 Å². The van der Waals surface area contributed by atoms with E-state index in [1.807, 2.05) is 0 Å². The molecule has 1 amide bonds. The summed E-state index contributed by atoms with van der Waals surface area (Å²) in [5, 5.41) is 9.16. The highest BCUT2D eigenvalue weighted by Gasteiger charge is 2.53. The molecular formula is C10H15NO4S. The van der Waals surface area contributed by atoms with Gasteiger partial charge in [-0.1, -0.05) is 0 Å². The molecule has 0 saturated carbocycles. The highest BCUT2D eigenvalue weighted by molar-refractivity contribution is 8.00. The van der Waals surface area contributed by atoms with Gasteiger partial charge in [0, 0.05) is 30.6 Å². The van der Waals surface area contributed by atoms with E-state index in [0.29, 0.717) is 13.0 Å². The number of methoxy groups -OCH3 is 1. The minimum absolute atomic E-state index is 0.0177. The molecule has 0 aromatic carbocycles. The third-order valence-electron chi connectivity index (χ3n) is 3.12. The number of carbonyl (C=O) groups excluding carboxylic acids is 1. The third kappa shape index (κ3) is 1.91. The molecule has 2 aliphatic rings. The Morgan fingerprint density at radius 3 is 3.00 bits per heavy atom. The van der Waals surface area contributed by atoms with Gasteiger partial charge in [-0.2, -0.15) is 11.8 Å². The number of hydrogen-bond acceptors (Lipinski definition) is 4. The van der Waals surface area contributed by atoms with Gasteiger partial charge in [0.1, 0.15) is 6.04 Å². The molecule has 0 spiro atoms. The molecule has 5 nitrogen and oxygen atoms in total. The lowest BCUT2D eigenvalue weighted by Crippen LogP contribution is -2.55. The molecule has 90 valence electrons. The maximum absolute atomic E-state index is 11.3. The molecule has 0 radical (unpaired) electrons. The Kier molecular flexibility index (Phi) is 3.39. The Morgan fingerprint density at radius 1 is 1.69 bits per heavy atom. The average Bonchev–Trinajstić information content (AvgIpc) is 2.52. The van der Waals surface area contributed by atoms with Crippen molar-refractivity contribution in [1.29, 1.82) is 0 Å². The summed E-state index contributed by atoms with van der Waals surface area (Å²) in [4.78, 5) is 24.0. The summed E-state index contributed by atoms with van der Waals surface area (Å²) >= 11 is 1.59. The first kappa shape index (κ1) is 11.7. The van der Waals surface area contributed by atoms with E-state index in [4.69, 9.17) is 9.84 Å². The van der Waals surface area contributed by atoms with Crippen molar-refractivity contribution in [2.24, 2.45) is 0 Å². The number of carboxylic acid groups (broad SMARTS) is 1. The number of β-lactam (4-membered cyclic amide) rings is 1. The number of hydrogen-bond donors (Lipinski definition) is 1. The van der Waals surface area contributed by atoms with Gasteiger partial charge in [-0.3, -0.25) is 4.79 Å². The number of nitrogens with zero attached hydrogens (tertiary/aromatic N) is 1. The molecule has 3 unspecified atom stereocenters. The lowest BCUT2D eigenvalue weighted by atomic mass is 10.0. The lowest BCUT2D eigenvalue weighted by Gasteiger charge is -2.37. The maximum Gasteiger partial charge on any atom is 0.327 e. The normalized spacial score (nSPS) is 32.4. The predicted molar refractivity (Wildman–Crippen MR) is 59.4 cm³/mol. The minimum atomic E-state index is -0.884. The van der Waals surface area contributed by atoms with Gasteiger partial charge in [-0.05, 0) is 6.42 Å². The number of carbonyl (C=O) groups is 2. The van der Waals surface area contributed by atoms with Gasteiger partial charge in [-0.25, -0.2) is 4.79 Å². The zero-order valence-corrected chi connectivity index (χ0v) is 9.90. The van der Waals surface area contributed by atoms with E-state index in [1.165, 1.54) is 4.90 Å². The second-order valence-corrected chi connectivity index (χ2v) is 5.43. The van der Waals surface area contributed by atoms with Crippen LogP contribution in [0, 0.1) is 0 Å². The number of rotatable bonds is 5. The SMILES string of the molecule is COCCSC1CC2CC(=O)N2C1C(=O)O. The summed E-state index contributed by atoms with van der Waals surface area (Å²) < 4.78 is 4.94. The van der Waals surface area contributed by atoms with E-state index in [9.17, 15) is 9.59 Å². The number of thioether (sulfide) groups is 1. The molecule has 2 heterocycles. The van der Waals surface area contributed by atoms with Crippen LogP contribution < -0.4 is 0 Å². The number of ether oxygens (including phenoxy) is 1. The highest BCUT2D eigenvalue weighted by Crippen LogP contribution is 2.40. The second-order valence-electron chi connectivity index (χ2n) is 4.08. The summed E-state index contributed by atoms with van der Waals surface area (Å²) in [6.07, 6.45) is 1.32. The molecule has 2 saturated heterocycles. The summed E-state index contributed by atoms with van der Waals surface area (Å²) in [5.74, 6) is -0.127. The van der Waals surface area contributed by atoms with Crippen molar-refractivity contribution in [1.82, 2.24) is 4.90 Å². The molecule has 0 bridgehead atoms. The Bertz CT molecular complexity index is 309. The first-order valence-electron chi connectivity index (χ1n) is 5.29. The lowest BCUT2D eigenvalue weighted by molar-refractivity contribution is -0.156. The van der Waals surface area contributed by atoms with Crippen molar-refractivity contribution in [2.75, 3.05) is 19.5 Å². The van der Waals surface area contributed by atoms with Crippen molar-refractivity contribution >= 4 is 23.6 Å². The zero-order chi connectivity index (χ0) is 11.7. The number of aliphatic carboxylic acids is 1. The van der Waals surface area contributed by atoms with E-state index in [-0.39, 0.29) is 17.2 Å². The van der Waals surface area contributed by atoms with Gasteiger partial charge < -0.3 is 14.7 Å². The Hall–Kier alpha value is -0.750. The van der Waals surface area contributed by atoms with Gasteiger partial charge in [0.25, 0.3) is 0 Å². The second kappa shape index (κ2) is 4.63. The first-order valence-corrected chi connectivity index (χ1v) is 6.34. The fourth-order valence-electron chi connectivity index (χ4n) is 2.37. The summed E-state index contributed by atoms with van der Waals surface area (Å²) in [6.45, 7) is 0.617. The monoisotopic (exact) mass is 245 g/mol. The topological polar surface area (TPSA) is 66.8 Å². The maximum atomic E-state index is 11.3. The summed E-state index contributed by atoms with van der Waals surface area (Å²) in [7, 11) is 1.63. The summed E-state index contributed by atoms with van der Waals surface area (Å²) in [5.41, 5.74) is 0. The molecule has 3 atom stereocenters. The molecule has 16 heavy (non-hydrogen) atoms. The van der Waals surface area contributed by atoms with E-state index in [1.54, 1.807) is 18.9 Å². The van der Waals surface area contributed by atoms with Crippen LogP contribution in [0.15, 0.2) is 0 Å². The van der Waals surface area contributed by atoms with Crippen molar-refractivity contribution in [2.45, 2.75) is 30.2 Å². The van der Waals surface area contributed by atoms with Crippen molar-refractivity contribution < 1.29 is 19.4 Å². The van der Waals surface area contributed by atoms with Gasteiger partial charge in [0.05, 0.1) is 6.61 Å². The standard InChI is InChI=1S/C10H15NO4S/c1-15-2-3-16-7-4-6-5-8(12)11(6)9(7)10(13)14/h6-7,9H,2-5H2,1H3,(H,13,14). The Balaban J connectivity index is 1.96. The zero-order valence-electron chi connectivity index (χ0n) is 9.09. The molecule has 2 aliphatic heterocycles. The van der Waals surface area contributed by atoms with Gasteiger partial charge in [0.2, 0.25) is 5.91 Å². The van der Waals surface area contributed by atoms with Crippen LogP contribution >= 0.6 is 11.8 Å². The smallest absolute Gasteiger partial charge is 0.327 e. The Morgan fingerprint density at radius 2 is 2.44 bits per heavy atom. The van der Waals surface area contributed by atoms with Crippen LogP contribution in [0.1, 0.15) is 12.8 Å². The molecule has 0 aromatic rings. The van der Waals surface area contributed by atoms with Crippen LogP contribution in [-0.2, 0) is 14.3 Å². The largest absolute Gasteiger partial charge is 0.480 e. The minimum Gasteiger partial charge on any atom is -0.480 e. The average molecular weight is 245 g/mol. The van der Waals surface area contributed by atoms with Crippen molar-refractivity contribution in [3.63, 3.8) is 0 Å². The molecule has 2 fully saturated rings. The van der Waals surface area contributed by atoms with Crippen LogP contribution in [0.25, 0.3) is 0 Å². The van der Waals surface area contributed by atoms with Gasteiger partial charge in [-0.15, -0.1) is 0 Å². The van der Waals surface area contributed by atoms with Crippen molar-refractivity contribution in [3.05, 3.63) is 0 Å². The highest BCUT2D eigenvalue weighted by atomic mass is 32.2. The number of fused-ring (bicyclic) bond motifs is 1. The molecule has 0 aromatic heterocycles. The van der Waals surface area contributed by atoms with Gasteiger partial charge >= 0.3 is 5.97 Å². The Labute approximate surface area is 98.1 Å². The predicted octanol–water partition coefficient (Wildman–Crippen LogP) is 0.192. The van der Waals surface area contributed by atoms with Crippen LogP contribution in [0.3, 0.4) is 0 Å².